The van der Waals surface area contributed by atoms with Crippen LogP contribution in [-0.4, -0.2) is 54.9 Å². The summed E-state index contributed by atoms with van der Waals surface area (Å²) in [4.78, 5) is 65.9. The summed E-state index contributed by atoms with van der Waals surface area (Å²) in [6, 6.07) is 14.9. The maximum Gasteiger partial charge on any atom is 0.397 e. The number of benzene rings is 2. The van der Waals surface area contributed by atoms with Crippen molar-refractivity contribution < 1.29 is 28.7 Å². The molecule has 278 valence electrons. The van der Waals surface area contributed by atoms with Gasteiger partial charge in [0.05, 0.1) is 35.9 Å². The van der Waals surface area contributed by atoms with Crippen LogP contribution in [0.5, 0.6) is 0 Å². The lowest BCUT2D eigenvalue weighted by atomic mass is 9.86. The Kier molecular flexibility index (Phi) is 11.2. The first-order chi connectivity index (χ1) is 23.9. The summed E-state index contributed by atoms with van der Waals surface area (Å²) in [5.74, 6) is -2.48. The Morgan fingerprint density at radius 2 is 0.808 bits per heavy atom. The second-order valence-electron chi connectivity index (χ2n) is 17.1. The van der Waals surface area contributed by atoms with Crippen LogP contribution in [0.15, 0.2) is 60.9 Å². The van der Waals surface area contributed by atoms with Crippen molar-refractivity contribution in [2.75, 3.05) is 0 Å². The van der Waals surface area contributed by atoms with Crippen molar-refractivity contribution in [2.45, 2.75) is 106 Å². The average molecular weight is 713 g/mol. The second kappa shape index (κ2) is 14.8. The van der Waals surface area contributed by atoms with E-state index in [1.165, 1.54) is 0 Å². The number of amides is 2. The van der Waals surface area contributed by atoms with Gasteiger partial charge in [0.1, 0.15) is 22.9 Å². The van der Waals surface area contributed by atoms with Crippen LogP contribution in [0.1, 0.15) is 107 Å². The van der Waals surface area contributed by atoms with Crippen molar-refractivity contribution in [1.29, 1.82) is 0 Å². The van der Waals surface area contributed by atoms with E-state index in [2.05, 4.69) is 30.6 Å². The van der Waals surface area contributed by atoms with Gasteiger partial charge in [-0.15, -0.1) is 0 Å². The number of aromatic amines is 2. The molecule has 0 fully saturated rings. The molecule has 2 amide bonds. The number of imidazole rings is 2. The Morgan fingerprint density at radius 3 is 1.08 bits per heavy atom. The van der Waals surface area contributed by atoms with E-state index in [0.717, 1.165) is 33.6 Å². The molecule has 12 heteroatoms. The predicted molar refractivity (Wildman–Crippen MR) is 199 cm³/mol. The highest BCUT2D eigenvalue weighted by Gasteiger charge is 2.35. The molecule has 2 heterocycles. The Labute approximate surface area is 305 Å². The number of H-pyrrole nitrogens is 2. The number of nitrogens with zero attached hydrogens (tertiary/aromatic N) is 2. The standard InChI is InChI=1S/C40H52N6O6/c1-37(2,3)29(45-33(47)35(49)51-39(7,8)9)31-41-21-27(43-31)25-17-13-23(14-18-25)24-15-19-26(20-16-24)28-22-42-32(44-28)30(38(4,5)6)46-34(48)36(50)52-40(10,11)12/h13-22,29-30H,1-12H3,(H,41,43)(H,42,44)(H,45,47)(H,46,48). The van der Waals surface area contributed by atoms with Gasteiger partial charge < -0.3 is 30.1 Å². The van der Waals surface area contributed by atoms with E-state index in [4.69, 9.17) is 9.47 Å². The van der Waals surface area contributed by atoms with E-state index >= 15 is 0 Å². The first-order valence-electron chi connectivity index (χ1n) is 17.3. The quantitative estimate of drug-likeness (QED) is 0.115. The average Bonchev–Trinajstić information content (AvgIpc) is 3.70. The van der Waals surface area contributed by atoms with Crippen molar-refractivity contribution >= 4 is 23.8 Å². The Balaban J connectivity index is 1.47. The summed E-state index contributed by atoms with van der Waals surface area (Å²) in [6.45, 7) is 22.0. The van der Waals surface area contributed by atoms with Gasteiger partial charge in [0.25, 0.3) is 0 Å². The molecule has 0 aliphatic rings. The van der Waals surface area contributed by atoms with E-state index in [9.17, 15) is 19.2 Å². The summed E-state index contributed by atoms with van der Waals surface area (Å²) in [7, 11) is 0. The molecule has 0 saturated carbocycles. The Hall–Kier alpha value is -5.26. The topological polar surface area (TPSA) is 168 Å². The molecule has 2 aromatic heterocycles. The van der Waals surface area contributed by atoms with Crippen molar-refractivity contribution in [3.8, 4) is 33.6 Å². The molecule has 0 aliphatic heterocycles. The van der Waals surface area contributed by atoms with Crippen LogP contribution in [0.2, 0.25) is 0 Å². The monoisotopic (exact) mass is 712 g/mol. The van der Waals surface area contributed by atoms with Gasteiger partial charge in [0.15, 0.2) is 0 Å². The SMILES string of the molecule is CC(C)(C)OC(=O)C(=O)NC(c1ncc(-c2ccc(-c3ccc(-c4cnc(C(NC(=O)C(=O)OC(C)(C)C)C(C)(C)C)[nH]4)cc3)cc2)[nH]1)C(C)(C)C. The molecular formula is C40H52N6O6. The number of nitrogens with one attached hydrogen (secondary N) is 4. The molecule has 0 aliphatic carbocycles. The van der Waals surface area contributed by atoms with Crippen LogP contribution in [0, 0.1) is 10.8 Å². The molecule has 12 nitrogen and oxygen atoms in total. The van der Waals surface area contributed by atoms with E-state index < -0.39 is 57.9 Å². The molecule has 4 N–H and O–H groups in total. The third kappa shape index (κ3) is 10.4. The highest BCUT2D eigenvalue weighted by Crippen LogP contribution is 2.35. The van der Waals surface area contributed by atoms with Gasteiger partial charge in [-0.05, 0) is 74.6 Å². The fraction of sp³-hybridized carbons (Fsp3) is 0.450. The Morgan fingerprint density at radius 1 is 0.519 bits per heavy atom. The molecule has 2 unspecified atom stereocenters. The molecule has 0 radical (unpaired) electrons. The molecule has 2 atom stereocenters. The third-order valence-electron chi connectivity index (χ3n) is 7.91. The third-order valence-corrected chi connectivity index (χ3v) is 7.91. The van der Waals surface area contributed by atoms with Crippen LogP contribution in [-0.2, 0) is 28.7 Å². The van der Waals surface area contributed by atoms with Crippen LogP contribution in [0.25, 0.3) is 33.6 Å². The molecular weight excluding hydrogens is 660 g/mol. The molecule has 4 rings (SSSR count). The zero-order valence-corrected chi connectivity index (χ0v) is 32.3. The lowest BCUT2D eigenvalue weighted by Crippen LogP contribution is -2.43. The highest BCUT2D eigenvalue weighted by molar-refractivity contribution is 6.33. The maximum absolute atomic E-state index is 12.7. The fourth-order valence-electron chi connectivity index (χ4n) is 5.36. The number of carbonyl (C=O) groups excluding carboxylic acids is 4. The van der Waals surface area contributed by atoms with Gasteiger partial charge >= 0.3 is 23.8 Å². The Bertz CT molecular complexity index is 1760. The first-order valence-corrected chi connectivity index (χ1v) is 17.3. The molecule has 0 spiro atoms. The van der Waals surface area contributed by atoms with Gasteiger partial charge in [-0.25, -0.2) is 19.6 Å². The van der Waals surface area contributed by atoms with Gasteiger partial charge in [0.2, 0.25) is 0 Å². The van der Waals surface area contributed by atoms with Gasteiger partial charge in [-0.3, -0.25) is 9.59 Å². The van der Waals surface area contributed by atoms with E-state index in [1.807, 2.05) is 90.1 Å². The fourth-order valence-corrected chi connectivity index (χ4v) is 5.36. The lowest BCUT2D eigenvalue weighted by molar-refractivity contribution is -0.164. The van der Waals surface area contributed by atoms with Crippen LogP contribution in [0.4, 0.5) is 0 Å². The number of carbonyl (C=O) groups is 4. The van der Waals surface area contributed by atoms with E-state index in [0.29, 0.717) is 11.6 Å². The largest absolute Gasteiger partial charge is 0.453 e. The number of aromatic nitrogens is 4. The zero-order valence-electron chi connectivity index (χ0n) is 32.3. The number of hydrogen-bond acceptors (Lipinski definition) is 8. The van der Waals surface area contributed by atoms with Crippen LogP contribution < -0.4 is 10.6 Å². The first kappa shape index (κ1) is 39.5. The minimum Gasteiger partial charge on any atom is -0.453 e. The number of ether oxygens (including phenoxy) is 2. The predicted octanol–water partition coefficient (Wildman–Crippen LogP) is 7.22. The van der Waals surface area contributed by atoms with Crippen molar-refractivity contribution in [3.63, 3.8) is 0 Å². The van der Waals surface area contributed by atoms with E-state index in [-0.39, 0.29) is 0 Å². The van der Waals surface area contributed by atoms with E-state index in [1.54, 1.807) is 53.9 Å². The van der Waals surface area contributed by atoms with Crippen LogP contribution >= 0.6 is 0 Å². The summed E-state index contributed by atoms with van der Waals surface area (Å²) in [5, 5.41) is 5.58. The zero-order chi connectivity index (χ0) is 38.8. The van der Waals surface area contributed by atoms with Crippen molar-refractivity contribution in [1.82, 2.24) is 30.6 Å². The van der Waals surface area contributed by atoms with Gasteiger partial charge in [-0.2, -0.15) is 0 Å². The molecule has 0 saturated heterocycles. The normalized spacial score (nSPS) is 13.5. The molecule has 0 bridgehead atoms. The minimum atomic E-state index is -0.942. The number of hydrogen-bond donors (Lipinski definition) is 4. The molecule has 4 aromatic rings. The van der Waals surface area contributed by atoms with Crippen molar-refractivity contribution in [3.05, 3.63) is 72.6 Å². The minimum absolute atomic E-state index is 0.452. The maximum atomic E-state index is 12.7. The van der Waals surface area contributed by atoms with Crippen LogP contribution in [0.3, 0.4) is 0 Å². The summed E-state index contributed by atoms with van der Waals surface area (Å²) in [5.41, 5.74) is 2.89. The lowest BCUT2D eigenvalue weighted by Gasteiger charge is -2.30. The summed E-state index contributed by atoms with van der Waals surface area (Å²) in [6.07, 6.45) is 3.42. The number of rotatable bonds is 7. The summed E-state index contributed by atoms with van der Waals surface area (Å²) >= 11 is 0. The number of esters is 2. The molecule has 2 aromatic carbocycles. The van der Waals surface area contributed by atoms with Gasteiger partial charge in [-0.1, -0.05) is 90.1 Å². The molecule has 52 heavy (non-hydrogen) atoms. The second-order valence-corrected chi connectivity index (χ2v) is 17.1. The summed E-state index contributed by atoms with van der Waals surface area (Å²) < 4.78 is 10.5. The van der Waals surface area contributed by atoms with Gasteiger partial charge in [0, 0.05) is 0 Å². The van der Waals surface area contributed by atoms with Crippen molar-refractivity contribution in [2.24, 2.45) is 10.8 Å². The highest BCUT2D eigenvalue weighted by atomic mass is 16.6. The smallest absolute Gasteiger partial charge is 0.397 e.